The van der Waals surface area contributed by atoms with E-state index in [9.17, 15) is 18.3 Å². The monoisotopic (exact) mass is 366 g/mol. The largest absolute Gasteiger partial charge is 0.391 e. The molecule has 1 aromatic heterocycles. The predicted molar refractivity (Wildman–Crippen MR) is 88.2 cm³/mol. The van der Waals surface area contributed by atoms with Gasteiger partial charge in [0, 0.05) is 37.8 Å². The van der Waals surface area contributed by atoms with Gasteiger partial charge < -0.3 is 20.7 Å². The number of amides is 1. The van der Waals surface area contributed by atoms with Crippen LogP contribution in [0, 0.1) is 5.92 Å². The zero-order chi connectivity index (χ0) is 16.3. The van der Waals surface area contributed by atoms with Crippen LogP contribution >= 0.6 is 12.4 Å². The molecule has 23 heavy (non-hydrogen) atoms. The van der Waals surface area contributed by atoms with Crippen molar-refractivity contribution >= 4 is 28.3 Å². The number of hydrogen-bond donors (Lipinski definition) is 5. The third-order valence-electron chi connectivity index (χ3n) is 3.43. The summed E-state index contributed by atoms with van der Waals surface area (Å²) in [5.41, 5.74) is 0.171. The molecule has 1 aliphatic heterocycles. The van der Waals surface area contributed by atoms with E-state index < -0.39 is 22.0 Å². The Kier molecular flexibility index (Phi) is 7.02. The summed E-state index contributed by atoms with van der Waals surface area (Å²) in [7, 11) is -3.62. The van der Waals surface area contributed by atoms with Crippen molar-refractivity contribution in [3.8, 4) is 0 Å². The molecule has 2 unspecified atom stereocenters. The molecule has 1 aromatic rings. The third-order valence-corrected chi connectivity index (χ3v) is 5.07. The van der Waals surface area contributed by atoms with Crippen LogP contribution in [0.1, 0.15) is 24.3 Å². The number of aromatic amines is 1. The Labute approximate surface area is 141 Å². The van der Waals surface area contributed by atoms with Gasteiger partial charge in [0.1, 0.15) is 10.6 Å². The molecule has 132 valence electrons. The van der Waals surface area contributed by atoms with Crippen LogP contribution in [-0.4, -0.2) is 56.2 Å². The van der Waals surface area contributed by atoms with Gasteiger partial charge in [0.2, 0.25) is 10.0 Å². The van der Waals surface area contributed by atoms with Crippen LogP contribution < -0.4 is 15.4 Å². The van der Waals surface area contributed by atoms with Crippen molar-refractivity contribution in [1.29, 1.82) is 0 Å². The number of halogens is 1. The fourth-order valence-electron chi connectivity index (χ4n) is 2.29. The molecule has 0 aromatic carbocycles. The smallest absolute Gasteiger partial charge is 0.267 e. The van der Waals surface area contributed by atoms with Crippen LogP contribution in [0.15, 0.2) is 17.2 Å². The summed E-state index contributed by atoms with van der Waals surface area (Å²) >= 11 is 0. The summed E-state index contributed by atoms with van der Waals surface area (Å²) in [6.45, 7) is 4.94. The van der Waals surface area contributed by atoms with Gasteiger partial charge in [0.05, 0.1) is 6.10 Å². The second-order valence-corrected chi connectivity index (χ2v) is 7.43. The van der Waals surface area contributed by atoms with Gasteiger partial charge in [-0.05, 0) is 19.9 Å². The Morgan fingerprint density at radius 3 is 2.70 bits per heavy atom. The maximum absolute atomic E-state index is 12.0. The SMILES string of the molecule is CC(C)NS(=O)(=O)c1c[nH]c(C(=O)NCC2CNCC2O)c1.Cl. The second kappa shape index (κ2) is 8.11. The highest BCUT2D eigenvalue weighted by molar-refractivity contribution is 7.89. The number of aliphatic hydroxyl groups is 1. The van der Waals surface area contributed by atoms with E-state index in [2.05, 4.69) is 20.3 Å². The highest BCUT2D eigenvalue weighted by Crippen LogP contribution is 2.12. The Balaban J connectivity index is 0.00000264. The highest BCUT2D eigenvalue weighted by Gasteiger charge is 2.25. The first-order valence-corrected chi connectivity index (χ1v) is 8.65. The van der Waals surface area contributed by atoms with Crippen LogP contribution in [0.5, 0.6) is 0 Å². The number of H-pyrrole nitrogens is 1. The average Bonchev–Trinajstić information content (AvgIpc) is 3.03. The minimum absolute atomic E-state index is 0. The number of hydrogen-bond acceptors (Lipinski definition) is 5. The van der Waals surface area contributed by atoms with Crippen molar-refractivity contribution in [1.82, 2.24) is 20.3 Å². The van der Waals surface area contributed by atoms with Gasteiger partial charge >= 0.3 is 0 Å². The van der Waals surface area contributed by atoms with Crippen molar-refractivity contribution < 1.29 is 18.3 Å². The maximum Gasteiger partial charge on any atom is 0.267 e. The van der Waals surface area contributed by atoms with Gasteiger partial charge in [-0.2, -0.15) is 0 Å². The minimum atomic E-state index is -3.62. The van der Waals surface area contributed by atoms with Gasteiger partial charge in [-0.1, -0.05) is 0 Å². The van der Waals surface area contributed by atoms with E-state index in [4.69, 9.17) is 0 Å². The standard InChI is InChI=1S/C13H22N4O4S.ClH/c1-8(2)17-22(20,21)10-3-11(15-6-10)13(19)16-5-9-4-14-7-12(9)18;/h3,6,8-9,12,14-15,17-18H,4-5,7H2,1-2H3,(H,16,19);1H. The lowest BCUT2D eigenvalue weighted by Gasteiger charge is -2.13. The van der Waals surface area contributed by atoms with E-state index in [0.29, 0.717) is 19.6 Å². The molecule has 0 aliphatic carbocycles. The summed E-state index contributed by atoms with van der Waals surface area (Å²) in [5, 5.41) is 15.4. The fourth-order valence-corrected chi connectivity index (χ4v) is 3.53. The molecule has 10 heteroatoms. The maximum atomic E-state index is 12.0. The van der Waals surface area contributed by atoms with Crippen molar-refractivity contribution in [3.63, 3.8) is 0 Å². The van der Waals surface area contributed by atoms with E-state index in [1.807, 2.05) is 0 Å². The number of carbonyl (C=O) groups is 1. The number of aromatic nitrogens is 1. The first-order valence-electron chi connectivity index (χ1n) is 7.17. The zero-order valence-electron chi connectivity index (χ0n) is 13.0. The first-order chi connectivity index (χ1) is 10.3. The second-order valence-electron chi connectivity index (χ2n) is 5.72. The Morgan fingerprint density at radius 1 is 1.43 bits per heavy atom. The van der Waals surface area contributed by atoms with Crippen LogP contribution in [0.3, 0.4) is 0 Å². The minimum Gasteiger partial charge on any atom is -0.391 e. The molecule has 1 saturated heterocycles. The first kappa shape index (κ1) is 19.9. The average molecular weight is 367 g/mol. The summed E-state index contributed by atoms with van der Waals surface area (Å²) in [5.74, 6) is -0.435. The van der Waals surface area contributed by atoms with Crippen molar-refractivity contribution in [2.75, 3.05) is 19.6 Å². The van der Waals surface area contributed by atoms with Gasteiger partial charge in [-0.15, -0.1) is 12.4 Å². The van der Waals surface area contributed by atoms with E-state index in [0.717, 1.165) is 0 Å². The number of β-amino-alcohol motifs (C(OH)–C–C–N with tert-alkyl or cyclic N) is 1. The highest BCUT2D eigenvalue weighted by atomic mass is 35.5. The summed E-state index contributed by atoms with van der Waals surface area (Å²) < 4.78 is 26.4. The van der Waals surface area contributed by atoms with E-state index in [1.54, 1.807) is 13.8 Å². The quantitative estimate of drug-likeness (QED) is 0.461. The van der Waals surface area contributed by atoms with E-state index in [1.165, 1.54) is 12.3 Å². The zero-order valence-corrected chi connectivity index (χ0v) is 14.6. The van der Waals surface area contributed by atoms with Gasteiger partial charge in [0.15, 0.2) is 0 Å². The molecule has 0 radical (unpaired) electrons. The Hall–Kier alpha value is -1.13. The molecule has 0 saturated carbocycles. The molecule has 0 bridgehead atoms. The fraction of sp³-hybridized carbons (Fsp3) is 0.615. The van der Waals surface area contributed by atoms with Crippen LogP contribution in [-0.2, 0) is 10.0 Å². The number of carbonyl (C=O) groups excluding carboxylic acids is 1. The summed E-state index contributed by atoms with van der Waals surface area (Å²) in [6, 6.07) is 1.07. The molecule has 1 aliphatic rings. The molecular weight excluding hydrogens is 344 g/mol. The topological polar surface area (TPSA) is 123 Å². The van der Waals surface area contributed by atoms with Gasteiger partial charge in [0.25, 0.3) is 5.91 Å². The van der Waals surface area contributed by atoms with Crippen LogP contribution in [0.25, 0.3) is 0 Å². The molecule has 2 rings (SSSR count). The van der Waals surface area contributed by atoms with E-state index >= 15 is 0 Å². The predicted octanol–water partition coefficient (Wildman–Crippen LogP) is -0.567. The number of aliphatic hydroxyl groups excluding tert-OH is 1. The molecule has 2 atom stereocenters. The van der Waals surface area contributed by atoms with E-state index in [-0.39, 0.29) is 35.0 Å². The van der Waals surface area contributed by atoms with Crippen molar-refractivity contribution in [2.45, 2.75) is 30.9 Å². The van der Waals surface area contributed by atoms with Crippen molar-refractivity contribution in [3.05, 3.63) is 18.0 Å². The summed E-state index contributed by atoms with van der Waals surface area (Å²) in [4.78, 5) is 14.7. The molecule has 8 nitrogen and oxygen atoms in total. The molecule has 5 N–H and O–H groups in total. The lowest BCUT2D eigenvalue weighted by Crippen LogP contribution is -2.34. The Bertz CT molecular complexity index is 632. The van der Waals surface area contributed by atoms with Crippen molar-refractivity contribution in [2.24, 2.45) is 5.92 Å². The lowest BCUT2D eigenvalue weighted by atomic mass is 10.1. The third kappa shape index (κ3) is 5.18. The lowest BCUT2D eigenvalue weighted by molar-refractivity contribution is 0.0922. The summed E-state index contributed by atoms with van der Waals surface area (Å²) in [6.07, 6.45) is 0.807. The molecular formula is C13H23ClN4O4S. The molecule has 1 amide bonds. The van der Waals surface area contributed by atoms with Crippen LogP contribution in [0.2, 0.25) is 0 Å². The normalized spacial score (nSPS) is 21.2. The number of nitrogens with one attached hydrogen (secondary N) is 4. The van der Waals surface area contributed by atoms with Gasteiger partial charge in [-0.25, -0.2) is 13.1 Å². The number of rotatable bonds is 6. The van der Waals surface area contributed by atoms with Crippen LogP contribution in [0.4, 0.5) is 0 Å². The Morgan fingerprint density at radius 2 is 2.13 bits per heavy atom. The molecule has 2 heterocycles. The number of sulfonamides is 1. The van der Waals surface area contributed by atoms with Gasteiger partial charge in [-0.3, -0.25) is 4.79 Å². The molecule has 0 spiro atoms. The molecule has 1 fully saturated rings.